The second-order valence-electron chi connectivity index (χ2n) is 8.78. The van der Waals surface area contributed by atoms with E-state index in [1.807, 2.05) is 18.2 Å². The molecular weight excluding hydrogens is 404 g/mol. The summed E-state index contributed by atoms with van der Waals surface area (Å²) in [4.78, 5) is 53.8. The predicted molar refractivity (Wildman–Crippen MR) is 119 cm³/mol. The third-order valence-electron chi connectivity index (χ3n) is 7.38. The highest BCUT2D eigenvalue weighted by Gasteiger charge is 2.35. The maximum absolute atomic E-state index is 12.9. The number of aryl methyl sites for hydroxylation is 1. The van der Waals surface area contributed by atoms with Gasteiger partial charge >= 0.3 is 0 Å². The number of hydrogen-bond donors (Lipinski definition) is 0. The largest absolute Gasteiger partial charge is 0.278 e. The van der Waals surface area contributed by atoms with E-state index in [4.69, 9.17) is 0 Å². The first kappa shape index (κ1) is 17.6. The van der Waals surface area contributed by atoms with Gasteiger partial charge in [-0.05, 0) is 63.5 Å². The van der Waals surface area contributed by atoms with Crippen LogP contribution in [0.3, 0.4) is 0 Å². The van der Waals surface area contributed by atoms with E-state index >= 15 is 0 Å². The highest BCUT2D eigenvalue weighted by molar-refractivity contribution is 6.35. The molecule has 6 heteroatoms. The first-order chi connectivity index (χ1) is 15.4. The smallest absolute Gasteiger partial charge is 0.261 e. The van der Waals surface area contributed by atoms with Crippen molar-refractivity contribution in [3.05, 3.63) is 63.9 Å². The first-order valence-electron chi connectivity index (χ1n) is 10.5. The number of hydrogen-bond acceptors (Lipinski definition) is 4. The second kappa shape index (κ2) is 5.40. The van der Waals surface area contributed by atoms with Crippen LogP contribution in [0.5, 0.6) is 0 Å². The molecule has 4 amide bonds. The Balaban J connectivity index is 1.77. The van der Waals surface area contributed by atoms with E-state index in [0.29, 0.717) is 40.5 Å². The summed E-state index contributed by atoms with van der Waals surface area (Å²) in [6, 6.07) is 11.2. The summed E-state index contributed by atoms with van der Waals surface area (Å²) < 4.78 is 0. The van der Waals surface area contributed by atoms with Crippen LogP contribution in [0.4, 0.5) is 0 Å². The average molecular weight is 420 g/mol. The van der Waals surface area contributed by atoms with Gasteiger partial charge in [-0.1, -0.05) is 18.2 Å². The van der Waals surface area contributed by atoms with Crippen LogP contribution in [0.15, 0.2) is 36.4 Å². The van der Waals surface area contributed by atoms with Crippen LogP contribution in [-0.4, -0.2) is 47.5 Å². The van der Waals surface area contributed by atoms with Crippen molar-refractivity contribution in [3.8, 4) is 0 Å². The lowest BCUT2D eigenvalue weighted by molar-refractivity contribution is -0.122. The Morgan fingerprint density at radius 2 is 1.09 bits per heavy atom. The SMILES string of the molecule is CN1C(=O)C2=c3c(ccc4c3c(c3ccc5c6c(ccc4c36)C(=O)N(C)C5=O)CC2)C1=O. The molecular formula is C26H16N2O4. The molecule has 0 fully saturated rings. The monoisotopic (exact) mass is 420 g/mol. The zero-order valence-electron chi connectivity index (χ0n) is 17.4. The van der Waals surface area contributed by atoms with Gasteiger partial charge in [0.1, 0.15) is 0 Å². The fourth-order valence-electron chi connectivity index (χ4n) is 5.87. The number of carbonyl (C=O) groups is 4. The molecule has 7 rings (SSSR count). The summed E-state index contributed by atoms with van der Waals surface area (Å²) in [5.74, 6) is -1.12. The Bertz CT molecular complexity index is 1710. The number of fused-ring (bicyclic) bond motifs is 2. The number of benzene rings is 4. The van der Waals surface area contributed by atoms with Crippen molar-refractivity contribution in [2.75, 3.05) is 14.1 Å². The highest BCUT2D eigenvalue weighted by Crippen LogP contribution is 2.43. The molecule has 0 unspecified atom stereocenters. The Labute approximate surface area is 181 Å². The molecule has 32 heavy (non-hydrogen) atoms. The van der Waals surface area contributed by atoms with Gasteiger partial charge in [0.2, 0.25) is 0 Å². The Kier molecular flexibility index (Phi) is 2.97. The summed E-state index contributed by atoms with van der Waals surface area (Å²) in [7, 11) is 3.04. The Hall–Kier alpha value is -4.06. The predicted octanol–water partition coefficient (Wildman–Crippen LogP) is 2.80. The van der Waals surface area contributed by atoms with Gasteiger partial charge in [-0.2, -0.15) is 0 Å². The van der Waals surface area contributed by atoms with E-state index in [-0.39, 0.29) is 23.6 Å². The fourth-order valence-corrected chi connectivity index (χ4v) is 5.87. The van der Waals surface area contributed by atoms with E-state index in [1.165, 1.54) is 19.0 Å². The third kappa shape index (κ3) is 1.75. The molecule has 4 aromatic carbocycles. The number of nitrogens with zero attached hydrogens (tertiary/aromatic N) is 2. The standard InChI is InChI=1S/C26H16N2O4/c1-27-23(29)15-7-3-11-13-5-9-17-22-18(26(32)28(2)25(17)31)10-6-14(20(13)22)12-4-8-16(24(27)30)21(15)19(11)12/h3-5,7-9H,6,10H2,1-2H3. The lowest BCUT2D eigenvalue weighted by Crippen LogP contribution is -2.44. The average Bonchev–Trinajstić information content (AvgIpc) is 2.82. The minimum absolute atomic E-state index is 0.231. The Morgan fingerprint density at radius 1 is 0.562 bits per heavy atom. The highest BCUT2D eigenvalue weighted by atomic mass is 16.2. The molecule has 0 aromatic heterocycles. The van der Waals surface area contributed by atoms with Crippen molar-refractivity contribution in [2.45, 2.75) is 12.8 Å². The topological polar surface area (TPSA) is 74.8 Å². The number of carbonyl (C=O) groups excluding carboxylic acids is 4. The maximum atomic E-state index is 12.9. The summed E-state index contributed by atoms with van der Waals surface area (Å²) in [5, 5.41) is 6.15. The molecule has 1 aliphatic carbocycles. The normalized spacial score (nSPS) is 17.5. The van der Waals surface area contributed by atoms with E-state index < -0.39 is 0 Å². The second-order valence-corrected chi connectivity index (χ2v) is 8.78. The van der Waals surface area contributed by atoms with Crippen LogP contribution >= 0.6 is 0 Å². The van der Waals surface area contributed by atoms with Gasteiger partial charge in [-0.15, -0.1) is 0 Å². The van der Waals surface area contributed by atoms with Gasteiger partial charge in [-0.25, -0.2) is 0 Å². The van der Waals surface area contributed by atoms with Crippen molar-refractivity contribution >= 4 is 61.5 Å². The minimum atomic E-state index is -0.300. The Morgan fingerprint density at radius 3 is 1.78 bits per heavy atom. The molecule has 154 valence electrons. The van der Waals surface area contributed by atoms with E-state index in [9.17, 15) is 19.2 Å². The zero-order valence-corrected chi connectivity index (χ0v) is 17.4. The summed E-state index contributed by atoms with van der Waals surface area (Å²) >= 11 is 0. The quantitative estimate of drug-likeness (QED) is 0.249. The molecule has 4 aromatic rings. The van der Waals surface area contributed by atoms with E-state index in [2.05, 4.69) is 0 Å². The van der Waals surface area contributed by atoms with E-state index in [0.717, 1.165) is 42.6 Å². The lowest BCUT2D eigenvalue weighted by Gasteiger charge is -2.30. The molecule has 0 radical (unpaired) electrons. The van der Waals surface area contributed by atoms with Crippen molar-refractivity contribution in [3.63, 3.8) is 0 Å². The van der Waals surface area contributed by atoms with Crippen molar-refractivity contribution in [1.82, 2.24) is 9.80 Å². The van der Waals surface area contributed by atoms with Crippen LogP contribution < -0.4 is 5.22 Å². The minimum Gasteiger partial charge on any atom is -0.278 e. The molecule has 0 saturated heterocycles. The number of rotatable bonds is 0. The van der Waals surface area contributed by atoms with Gasteiger partial charge in [0.25, 0.3) is 23.6 Å². The summed E-state index contributed by atoms with van der Waals surface area (Å²) in [5.41, 5.74) is 3.36. The molecule has 6 nitrogen and oxygen atoms in total. The zero-order chi connectivity index (χ0) is 22.0. The van der Waals surface area contributed by atoms with Crippen LogP contribution in [0, 0.1) is 0 Å². The lowest BCUT2D eigenvalue weighted by atomic mass is 9.79. The van der Waals surface area contributed by atoms with Gasteiger partial charge in [-0.3, -0.25) is 29.0 Å². The number of imide groups is 2. The van der Waals surface area contributed by atoms with Crippen LogP contribution in [0.1, 0.15) is 43.1 Å². The van der Waals surface area contributed by atoms with Crippen LogP contribution in [0.2, 0.25) is 0 Å². The molecule has 0 N–H and O–H groups in total. The molecule has 2 heterocycles. The molecule has 0 saturated carbocycles. The molecule has 3 aliphatic rings. The van der Waals surface area contributed by atoms with Gasteiger partial charge in [0, 0.05) is 47.0 Å². The van der Waals surface area contributed by atoms with Crippen molar-refractivity contribution < 1.29 is 19.2 Å². The third-order valence-corrected chi connectivity index (χ3v) is 7.38. The molecule has 0 spiro atoms. The van der Waals surface area contributed by atoms with Gasteiger partial charge in [0.05, 0.1) is 0 Å². The summed E-state index contributed by atoms with van der Waals surface area (Å²) in [6.45, 7) is 0. The fraction of sp³-hybridized carbons (Fsp3) is 0.154. The van der Waals surface area contributed by atoms with Gasteiger partial charge in [0.15, 0.2) is 0 Å². The molecule has 2 aliphatic heterocycles. The maximum Gasteiger partial charge on any atom is 0.261 e. The first-order valence-corrected chi connectivity index (χ1v) is 10.5. The van der Waals surface area contributed by atoms with Crippen LogP contribution in [-0.2, 0) is 11.2 Å². The van der Waals surface area contributed by atoms with Crippen molar-refractivity contribution in [2.24, 2.45) is 0 Å². The van der Waals surface area contributed by atoms with E-state index in [1.54, 1.807) is 18.2 Å². The van der Waals surface area contributed by atoms with Crippen LogP contribution in [0.25, 0.3) is 37.9 Å². The molecule has 0 atom stereocenters. The summed E-state index contributed by atoms with van der Waals surface area (Å²) in [6.07, 6.45) is 1.21. The number of amides is 4. The van der Waals surface area contributed by atoms with Gasteiger partial charge < -0.3 is 0 Å². The molecule has 0 bridgehead atoms. The van der Waals surface area contributed by atoms with Crippen molar-refractivity contribution in [1.29, 1.82) is 0 Å².